The summed E-state index contributed by atoms with van der Waals surface area (Å²) in [4.78, 5) is 23.8. The molecule has 1 aliphatic heterocycles. The van der Waals surface area contributed by atoms with Gasteiger partial charge in [-0.3, -0.25) is 14.9 Å². The van der Waals surface area contributed by atoms with E-state index in [1.807, 2.05) is 6.07 Å². The molecule has 1 amide bonds. The van der Waals surface area contributed by atoms with Crippen LogP contribution in [0.3, 0.4) is 0 Å². The number of carbonyl (C=O) groups excluding carboxylic acids is 1. The monoisotopic (exact) mass is 287 g/mol. The van der Waals surface area contributed by atoms with Gasteiger partial charge in [0.05, 0.1) is 18.1 Å². The zero-order chi connectivity index (χ0) is 15.2. The smallest absolute Gasteiger partial charge is 0.269 e. The van der Waals surface area contributed by atoms with E-state index in [-0.39, 0.29) is 17.2 Å². The highest BCUT2D eigenvalue weighted by Gasteiger charge is 2.20. The number of rotatable bonds is 3. The Labute approximate surface area is 121 Å². The van der Waals surface area contributed by atoms with Crippen molar-refractivity contribution < 1.29 is 14.5 Å². The molecule has 0 saturated carbocycles. The Kier molecular flexibility index (Phi) is 4.64. The number of morpholine rings is 1. The molecule has 0 radical (unpaired) electrons. The minimum absolute atomic E-state index is 0.00533. The first-order chi connectivity index (χ1) is 10.1. The van der Waals surface area contributed by atoms with Gasteiger partial charge in [-0.2, -0.15) is 5.26 Å². The van der Waals surface area contributed by atoms with Gasteiger partial charge in [-0.1, -0.05) is 0 Å². The lowest BCUT2D eigenvalue weighted by molar-refractivity contribution is -0.384. The van der Waals surface area contributed by atoms with Crippen LogP contribution in [0, 0.1) is 21.4 Å². The maximum atomic E-state index is 12.2. The molecule has 7 nitrogen and oxygen atoms in total. The quantitative estimate of drug-likeness (QED) is 0.362. The molecule has 1 fully saturated rings. The Bertz CT molecular complexity index is 610. The lowest BCUT2D eigenvalue weighted by atomic mass is 10.1. The molecule has 1 aliphatic rings. The highest BCUT2D eigenvalue weighted by molar-refractivity contribution is 6.01. The van der Waals surface area contributed by atoms with E-state index in [1.165, 1.54) is 30.3 Å². The van der Waals surface area contributed by atoms with E-state index < -0.39 is 4.92 Å². The third-order valence-corrected chi connectivity index (χ3v) is 3.06. The number of nitriles is 1. The summed E-state index contributed by atoms with van der Waals surface area (Å²) < 4.78 is 5.16. The number of benzene rings is 1. The van der Waals surface area contributed by atoms with Crippen LogP contribution < -0.4 is 0 Å². The predicted molar refractivity (Wildman–Crippen MR) is 74.1 cm³/mol. The van der Waals surface area contributed by atoms with Crippen LogP contribution in [0.1, 0.15) is 5.56 Å². The summed E-state index contributed by atoms with van der Waals surface area (Å²) in [5.41, 5.74) is 0.537. The summed E-state index contributed by atoms with van der Waals surface area (Å²) in [6, 6.07) is 7.55. The van der Waals surface area contributed by atoms with Crippen molar-refractivity contribution in [1.82, 2.24) is 4.90 Å². The number of amides is 1. The van der Waals surface area contributed by atoms with Crippen LogP contribution in [0.5, 0.6) is 0 Å². The maximum Gasteiger partial charge on any atom is 0.269 e. The van der Waals surface area contributed by atoms with Gasteiger partial charge in [0.1, 0.15) is 11.6 Å². The summed E-state index contributed by atoms with van der Waals surface area (Å²) in [5.74, 6) is -0.348. The molecule has 0 bridgehead atoms. The molecule has 0 unspecified atom stereocenters. The Morgan fingerprint density at radius 1 is 1.33 bits per heavy atom. The fourth-order valence-corrected chi connectivity index (χ4v) is 1.94. The largest absolute Gasteiger partial charge is 0.378 e. The zero-order valence-corrected chi connectivity index (χ0v) is 11.2. The molecule has 7 heteroatoms. The second-order valence-electron chi connectivity index (χ2n) is 4.42. The van der Waals surface area contributed by atoms with Gasteiger partial charge in [-0.15, -0.1) is 0 Å². The van der Waals surface area contributed by atoms with Crippen molar-refractivity contribution in [2.24, 2.45) is 0 Å². The SMILES string of the molecule is N#C/C(=C/c1ccc([N+](=O)[O-])cc1)C(=O)N1CCOCC1. The molecular formula is C14H13N3O4. The number of non-ortho nitro benzene ring substituents is 1. The molecule has 108 valence electrons. The van der Waals surface area contributed by atoms with E-state index in [0.29, 0.717) is 31.9 Å². The average molecular weight is 287 g/mol. The number of nitro benzene ring substituents is 1. The minimum atomic E-state index is -0.502. The average Bonchev–Trinajstić information content (AvgIpc) is 2.53. The normalized spacial score (nSPS) is 15.4. The second kappa shape index (κ2) is 6.63. The Hall–Kier alpha value is -2.72. The van der Waals surface area contributed by atoms with Crippen LogP contribution in [-0.4, -0.2) is 42.0 Å². The van der Waals surface area contributed by atoms with Gasteiger partial charge in [0.2, 0.25) is 0 Å². The molecule has 1 saturated heterocycles. The summed E-state index contributed by atoms with van der Waals surface area (Å²) in [6.07, 6.45) is 1.43. The molecule has 0 atom stereocenters. The zero-order valence-electron chi connectivity index (χ0n) is 11.2. The molecule has 2 rings (SSSR count). The lowest BCUT2D eigenvalue weighted by Gasteiger charge is -2.26. The number of hydrogen-bond acceptors (Lipinski definition) is 5. The van der Waals surface area contributed by atoms with E-state index in [0.717, 1.165) is 0 Å². The second-order valence-corrected chi connectivity index (χ2v) is 4.42. The number of hydrogen-bond donors (Lipinski definition) is 0. The summed E-state index contributed by atoms with van der Waals surface area (Å²) in [5, 5.41) is 19.7. The highest BCUT2D eigenvalue weighted by Crippen LogP contribution is 2.15. The molecular weight excluding hydrogens is 274 g/mol. The first-order valence-corrected chi connectivity index (χ1v) is 6.35. The first kappa shape index (κ1) is 14.7. The first-order valence-electron chi connectivity index (χ1n) is 6.35. The number of nitro groups is 1. The number of nitrogens with zero attached hydrogens (tertiary/aromatic N) is 3. The van der Waals surface area contributed by atoms with Gasteiger partial charge < -0.3 is 9.64 Å². The van der Waals surface area contributed by atoms with Gasteiger partial charge >= 0.3 is 0 Å². The molecule has 0 N–H and O–H groups in total. The summed E-state index contributed by atoms with van der Waals surface area (Å²) in [7, 11) is 0. The molecule has 1 aromatic carbocycles. The van der Waals surface area contributed by atoms with Crippen molar-refractivity contribution in [3.05, 3.63) is 45.5 Å². The van der Waals surface area contributed by atoms with E-state index in [2.05, 4.69) is 0 Å². The van der Waals surface area contributed by atoms with Crippen LogP contribution in [0.4, 0.5) is 5.69 Å². The van der Waals surface area contributed by atoms with Crippen molar-refractivity contribution in [3.63, 3.8) is 0 Å². The third kappa shape index (κ3) is 3.64. The number of ether oxygens (including phenoxy) is 1. The summed E-state index contributed by atoms with van der Waals surface area (Å²) in [6.45, 7) is 1.83. The molecule has 0 aromatic heterocycles. The van der Waals surface area contributed by atoms with Gasteiger partial charge in [-0.25, -0.2) is 0 Å². The van der Waals surface area contributed by atoms with Crippen molar-refractivity contribution in [2.45, 2.75) is 0 Å². The van der Waals surface area contributed by atoms with Crippen LogP contribution in [0.25, 0.3) is 6.08 Å². The van der Waals surface area contributed by atoms with Crippen molar-refractivity contribution in [3.8, 4) is 6.07 Å². The molecule has 0 aliphatic carbocycles. The van der Waals surface area contributed by atoms with E-state index in [1.54, 1.807) is 4.90 Å². The predicted octanol–water partition coefficient (Wildman–Crippen LogP) is 1.36. The Morgan fingerprint density at radius 2 is 1.95 bits per heavy atom. The number of carbonyl (C=O) groups is 1. The van der Waals surface area contributed by atoms with Gasteiger partial charge in [0.15, 0.2) is 0 Å². The van der Waals surface area contributed by atoms with Crippen molar-refractivity contribution in [2.75, 3.05) is 26.3 Å². The van der Waals surface area contributed by atoms with Crippen LogP contribution in [-0.2, 0) is 9.53 Å². The molecule has 0 spiro atoms. The summed E-state index contributed by atoms with van der Waals surface area (Å²) >= 11 is 0. The van der Waals surface area contributed by atoms with Gasteiger partial charge in [0, 0.05) is 25.2 Å². The Morgan fingerprint density at radius 3 is 2.48 bits per heavy atom. The third-order valence-electron chi connectivity index (χ3n) is 3.06. The fourth-order valence-electron chi connectivity index (χ4n) is 1.94. The van der Waals surface area contributed by atoms with Crippen molar-refractivity contribution in [1.29, 1.82) is 5.26 Å². The maximum absolute atomic E-state index is 12.2. The topological polar surface area (TPSA) is 96.5 Å². The van der Waals surface area contributed by atoms with Crippen LogP contribution in [0.2, 0.25) is 0 Å². The Balaban J connectivity index is 2.17. The molecule has 21 heavy (non-hydrogen) atoms. The van der Waals surface area contributed by atoms with Crippen LogP contribution in [0.15, 0.2) is 29.8 Å². The van der Waals surface area contributed by atoms with E-state index >= 15 is 0 Å². The highest BCUT2D eigenvalue weighted by atomic mass is 16.6. The minimum Gasteiger partial charge on any atom is -0.378 e. The van der Waals surface area contributed by atoms with E-state index in [4.69, 9.17) is 10.00 Å². The van der Waals surface area contributed by atoms with Crippen molar-refractivity contribution >= 4 is 17.7 Å². The van der Waals surface area contributed by atoms with Gasteiger partial charge in [0.25, 0.3) is 11.6 Å². The molecule has 1 aromatic rings. The standard InChI is InChI=1S/C14H13N3O4/c15-10-12(14(18)16-5-7-21-8-6-16)9-11-1-3-13(4-2-11)17(19)20/h1-4,9H,5-8H2/b12-9-. The lowest BCUT2D eigenvalue weighted by Crippen LogP contribution is -2.41. The van der Waals surface area contributed by atoms with Crippen LogP contribution >= 0.6 is 0 Å². The van der Waals surface area contributed by atoms with Gasteiger partial charge in [-0.05, 0) is 23.8 Å². The molecule has 1 heterocycles. The van der Waals surface area contributed by atoms with E-state index in [9.17, 15) is 14.9 Å². The fraction of sp³-hybridized carbons (Fsp3) is 0.286.